The minimum absolute atomic E-state index is 0.0193. The maximum absolute atomic E-state index is 13.3. The Bertz CT molecular complexity index is 1260. The number of nitrogens with zero attached hydrogens (tertiary/aromatic N) is 5. The van der Waals surface area contributed by atoms with Crippen LogP contribution in [0.15, 0.2) is 29.1 Å². The van der Waals surface area contributed by atoms with E-state index in [0.29, 0.717) is 50.4 Å². The molecule has 3 amide bonds. The van der Waals surface area contributed by atoms with Crippen LogP contribution in [0.4, 0.5) is 9.59 Å². The van der Waals surface area contributed by atoms with Crippen molar-refractivity contribution in [3.63, 3.8) is 0 Å². The third-order valence-electron chi connectivity index (χ3n) is 8.48. The summed E-state index contributed by atoms with van der Waals surface area (Å²) < 4.78 is 8.46. The topological polar surface area (TPSA) is 109 Å². The van der Waals surface area contributed by atoms with Crippen LogP contribution in [0.25, 0.3) is 11.0 Å². The normalized spacial score (nSPS) is 23.4. The van der Waals surface area contributed by atoms with Crippen molar-refractivity contribution in [1.29, 1.82) is 0 Å². The van der Waals surface area contributed by atoms with Crippen LogP contribution in [0, 0.1) is 0 Å². The van der Waals surface area contributed by atoms with Gasteiger partial charge in [0.05, 0.1) is 17.6 Å². The van der Waals surface area contributed by atoms with Crippen molar-refractivity contribution in [3.05, 3.63) is 34.7 Å². The van der Waals surface area contributed by atoms with E-state index >= 15 is 0 Å². The van der Waals surface area contributed by atoms with Crippen molar-refractivity contribution in [2.45, 2.75) is 77.0 Å². The number of piperidine rings is 1. The number of nitrogens with one attached hydrogen (secondary N) is 1. The molecule has 1 N–H and O–H groups in total. The number of para-hydroxylation sites is 2. The highest BCUT2D eigenvalue weighted by atomic mass is 16.6. The number of hydrogen-bond acceptors (Lipinski definition) is 6. The van der Waals surface area contributed by atoms with Crippen LogP contribution in [-0.4, -0.2) is 99.3 Å². The van der Waals surface area contributed by atoms with E-state index < -0.39 is 0 Å². The second kappa shape index (κ2) is 11.4. The van der Waals surface area contributed by atoms with E-state index in [1.54, 1.807) is 21.3 Å². The lowest BCUT2D eigenvalue weighted by molar-refractivity contribution is -0.130. The quantitative estimate of drug-likeness (QED) is 0.565. The molecule has 1 unspecified atom stereocenters. The van der Waals surface area contributed by atoms with E-state index in [1.807, 2.05) is 38.1 Å². The highest BCUT2D eigenvalue weighted by Crippen LogP contribution is 2.35. The van der Waals surface area contributed by atoms with Gasteiger partial charge in [-0.05, 0) is 58.1 Å². The lowest BCUT2D eigenvalue weighted by Gasteiger charge is -2.39. The van der Waals surface area contributed by atoms with Crippen molar-refractivity contribution >= 4 is 29.1 Å². The summed E-state index contributed by atoms with van der Waals surface area (Å²) in [4.78, 5) is 56.2. The number of piperazine rings is 1. The van der Waals surface area contributed by atoms with Gasteiger partial charge in [0.1, 0.15) is 0 Å². The molecule has 3 aliphatic rings. The Kier molecular flexibility index (Phi) is 7.97. The molecule has 3 fully saturated rings. The zero-order valence-corrected chi connectivity index (χ0v) is 23.2. The predicted molar refractivity (Wildman–Crippen MR) is 147 cm³/mol. The number of hydrogen-bond donors (Lipinski definition) is 1. The summed E-state index contributed by atoms with van der Waals surface area (Å²) in [6.07, 6.45) is 4.32. The van der Waals surface area contributed by atoms with Crippen molar-refractivity contribution in [2.24, 2.45) is 0 Å². The molecular weight excluding hydrogens is 500 g/mol. The van der Waals surface area contributed by atoms with E-state index in [-0.39, 0.29) is 35.8 Å². The van der Waals surface area contributed by atoms with E-state index in [9.17, 15) is 19.2 Å². The van der Waals surface area contributed by atoms with Crippen LogP contribution in [0.1, 0.15) is 58.9 Å². The Morgan fingerprint density at radius 3 is 2.21 bits per heavy atom. The maximum Gasteiger partial charge on any atom is 0.409 e. The molecule has 11 heteroatoms. The Labute approximate surface area is 228 Å². The Morgan fingerprint density at radius 2 is 1.59 bits per heavy atom. The molecule has 3 atom stereocenters. The van der Waals surface area contributed by atoms with E-state index in [0.717, 1.165) is 44.2 Å². The molecule has 39 heavy (non-hydrogen) atoms. The molecular formula is C28H40N6O5. The Balaban J connectivity index is 1.11. The summed E-state index contributed by atoms with van der Waals surface area (Å²) in [5.74, 6) is 0.0358. The predicted octanol–water partition coefficient (Wildman–Crippen LogP) is 2.63. The van der Waals surface area contributed by atoms with Gasteiger partial charge < -0.3 is 19.9 Å². The van der Waals surface area contributed by atoms with Gasteiger partial charge in [0.25, 0.3) is 0 Å². The van der Waals surface area contributed by atoms with Crippen molar-refractivity contribution in [2.75, 3.05) is 39.3 Å². The summed E-state index contributed by atoms with van der Waals surface area (Å²) in [5, 5.41) is 3.16. The van der Waals surface area contributed by atoms with Gasteiger partial charge in [0.15, 0.2) is 0 Å². The number of carbonyl (C=O) groups excluding carboxylic acids is 3. The molecule has 2 aromatic rings. The molecule has 2 bridgehead atoms. The molecule has 1 aromatic heterocycles. The Hall–Kier alpha value is -3.34. The molecule has 0 aliphatic carbocycles. The number of amides is 3. The minimum Gasteiger partial charge on any atom is -0.449 e. The zero-order valence-electron chi connectivity index (χ0n) is 23.2. The van der Waals surface area contributed by atoms with Gasteiger partial charge >= 0.3 is 17.8 Å². The van der Waals surface area contributed by atoms with Crippen LogP contribution < -0.4 is 11.0 Å². The fourth-order valence-electron chi connectivity index (χ4n) is 6.56. The zero-order chi connectivity index (χ0) is 27.7. The van der Waals surface area contributed by atoms with Gasteiger partial charge in [0, 0.05) is 63.8 Å². The number of benzene rings is 1. The fourth-order valence-corrected chi connectivity index (χ4v) is 6.56. The lowest BCUT2D eigenvalue weighted by atomic mass is 9.97. The average Bonchev–Trinajstić information content (AvgIpc) is 3.34. The maximum atomic E-state index is 13.3. The first-order valence-corrected chi connectivity index (χ1v) is 14.2. The molecule has 5 rings (SSSR count). The van der Waals surface area contributed by atoms with Gasteiger partial charge in [-0.15, -0.1) is 0 Å². The number of ether oxygens (including phenoxy) is 1. The van der Waals surface area contributed by atoms with E-state index in [2.05, 4.69) is 10.2 Å². The second-order valence-electron chi connectivity index (χ2n) is 11.3. The highest BCUT2D eigenvalue weighted by Gasteiger charge is 2.41. The van der Waals surface area contributed by atoms with Gasteiger partial charge in [-0.1, -0.05) is 12.1 Å². The Morgan fingerprint density at radius 1 is 0.974 bits per heavy atom. The molecule has 3 saturated heterocycles. The van der Waals surface area contributed by atoms with Crippen LogP contribution >= 0.6 is 0 Å². The van der Waals surface area contributed by atoms with Gasteiger partial charge in [0.2, 0.25) is 5.91 Å². The van der Waals surface area contributed by atoms with Crippen LogP contribution in [0.5, 0.6) is 0 Å². The summed E-state index contributed by atoms with van der Waals surface area (Å²) in [6, 6.07) is 7.79. The summed E-state index contributed by atoms with van der Waals surface area (Å²) in [6.45, 7) is 8.76. The summed E-state index contributed by atoms with van der Waals surface area (Å²) in [5.41, 5.74) is 1.09. The average molecular weight is 541 g/mol. The molecule has 11 nitrogen and oxygen atoms in total. The minimum atomic E-state index is -0.357. The third kappa shape index (κ3) is 5.54. The SMILES string of the molecule is CC(=O)N1CCN(C(=O)OCCCN2[C@@H]3CC[C@H]2CC(NC(=O)n2c(=O)n(C(C)C)c4ccccc42)C3)CC1. The molecule has 0 saturated carbocycles. The smallest absolute Gasteiger partial charge is 0.409 e. The highest BCUT2D eigenvalue weighted by molar-refractivity contribution is 5.89. The molecule has 3 aliphatic heterocycles. The largest absolute Gasteiger partial charge is 0.449 e. The molecule has 1 aromatic carbocycles. The van der Waals surface area contributed by atoms with Gasteiger partial charge in [-0.25, -0.2) is 19.0 Å². The third-order valence-corrected chi connectivity index (χ3v) is 8.48. The standard InChI is InChI=1S/C28H40N6O5/c1-19(2)33-24-7-4-5-8-25(24)34(27(33)37)26(36)29-21-17-22-9-10-23(18-21)32(22)11-6-16-39-28(38)31-14-12-30(13-15-31)20(3)35/h4-5,7-8,19,21-23H,6,9-18H2,1-3H3,(H,29,36)/t21?,22-,23+. The molecule has 0 radical (unpaired) electrons. The monoisotopic (exact) mass is 540 g/mol. The van der Waals surface area contributed by atoms with E-state index in [4.69, 9.17) is 4.74 Å². The number of fused-ring (bicyclic) bond motifs is 3. The van der Waals surface area contributed by atoms with Gasteiger partial charge in [-0.2, -0.15) is 0 Å². The number of rotatable bonds is 6. The molecule has 0 spiro atoms. The first-order valence-electron chi connectivity index (χ1n) is 14.2. The fraction of sp³-hybridized carbons (Fsp3) is 0.643. The summed E-state index contributed by atoms with van der Waals surface area (Å²) >= 11 is 0. The first kappa shape index (κ1) is 27.2. The van der Waals surface area contributed by atoms with Gasteiger partial charge in [-0.3, -0.25) is 14.3 Å². The molecule has 4 heterocycles. The first-order chi connectivity index (χ1) is 18.7. The summed E-state index contributed by atoms with van der Waals surface area (Å²) in [7, 11) is 0. The van der Waals surface area contributed by atoms with Crippen molar-refractivity contribution in [1.82, 2.24) is 29.2 Å². The van der Waals surface area contributed by atoms with E-state index in [1.165, 1.54) is 4.57 Å². The second-order valence-corrected chi connectivity index (χ2v) is 11.3. The van der Waals surface area contributed by atoms with Crippen LogP contribution in [-0.2, 0) is 9.53 Å². The number of carbonyl (C=O) groups is 3. The van der Waals surface area contributed by atoms with Crippen molar-refractivity contribution in [3.8, 4) is 0 Å². The number of imidazole rings is 1. The number of aromatic nitrogens is 2. The molecule has 212 valence electrons. The van der Waals surface area contributed by atoms with Crippen LogP contribution in [0.3, 0.4) is 0 Å². The van der Waals surface area contributed by atoms with Crippen LogP contribution in [0.2, 0.25) is 0 Å². The lowest BCUT2D eigenvalue weighted by Crippen LogP contribution is -2.52. The van der Waals surface area contributed by atoms with Crippen molar-refractivity contribution < 1.29 is 19.1 Å².